The molecule has 4 nitrogen and oxygen atoms in total. The standard InChI is InChI=1S/C22H21ClFNO3/c1-14-10-16(23)12-18-19(26)13-22(28-21(14)18)6-8-25(9-7-22)20(27)11-15-2-4-17(24)5-3-15/h2-5,10,12H,6-9,11,13H2,1H3. The van der Waals surface area contributed by atoms with Crippen molar-refractivity contribution in [1.82, 2.24) is 4.90 Å². The summed E-state index contributed by atoms with van der Waals surface area (Å²) >= 11 is 6.08. The molecule has 1 spiro atoms. The maximum Gasteiger partial charge on any atom is 0.226 e. The molecule has 0 saturated carbocycles. The maximum absolute atomic E-state index is 13.0. The fourth-order valence-corrected chi connectivity index (χ4v) is 4.32. The van der Waals surface area contributed by atoms with Crippen molar-refractivity contribution in [3.8, 4) is 5.75 Å². The van der Waals surface area contributed by atoms with Crippen molar-refractivity contribution in [3.63, 3.8) is 0 Å². The minimum absolute atomic E-state index is 0.00644. The van der Waals surface area contributed by atoms with E-state index < -0.39 is 5.60 Å². The van der Waals surface area contributed by atoms with Gasteiger partial charge in [-0.05, 0) is 42.3 Å². The van der Waals surface area contributed by atoms with Gasteiger partial charge < -0.3 is 9.64 Å². The normalized spacial score (nSPS) is 18.0. The average Bonchev–Trinajstić information content (AvgIpc) is 2.65. The molecule has 0 unspecified atom stereocenters. The molecule has 1 fully saturated rings. The van der Waals surface area contributed by atoms with Crippen molar-refractivity contribution >= 4 is 23.3 Å². The van der Waals surface area contributed by atoms with Crippen LogP contribution in [0.4, 0.5) is 4.39 Å². The number of hydrogen-bond acceptors (Lipinski definition) is 3. The Bertz CT molecular complexity index is 934. The van der Waals surface area contributed by atoms with Crippen molar-refractivity contribution in [2.24, 2.45) is 0 Å². The molecule has 1 amide bonds. The summed E-state index contributed by atoms with van der Waals surface area (Å²) in [5.41, 5.74) is 1.63. The zero-order valence-corrected chi connectivity index (χ0v) is 16.4. The summed E-state index contributed by atoms with van der Waals surface area (Å²) in [6.45, 7) is 2.96. The highest BCUT2D eigenvalue weighted by Gasteiger charge is 2.44. The van der Waals surface area contributed by atoms with Crippen LogP contribution in [0, 0.1) is 12.7 Å². The van der Waals surface area contributed by atoms with E-state index in [2.05, 4.69) is 0 Å². The zero-order valence-electron chi connectivity index (χ0n) is 15.6. The van der Waals surface area contributed by atoms with Crippen LogP contribution in [0.3, 0.4) is 0 Å². The van der Waals surface area contributed by atoms with Crippen molar-refractivity contribution in [2.45, 2.75) is 38.2 Å². The van der Waals surface area contributed by atoms with E-state index in [0.29, 0.717) is 48.7 Å². The first-order chi connectivity index (χ1) is 13.3. The van der Waals surface area contributed by atoms with Crippen molar-refractivity contribution in [1.29, 1.82) is 0 Å². The van der Waals surface area contributed by atoms with Crippen molar-refractivity contribution in [3.05, 3.63) is 63.9 Å². The number of fused-ring (bicyclic) bond motifs is 1. The summed E-state index contributed by atoms with van der Waals surface area (Å²) in [6.07, 6.45) is 1.76. The van der Waals surface area contributed by atoms with Crippen LogP contribution in [0.5, 0.6) is 5.75 Å². The molecule has 2 aliphatic rings. The third kappa shape index (κ3) is 3.63. The maximum atomic E-state index is 13.0. The predicted molar refractivity (Wildman–Crippen MR) is 104 cm³/mol. The lowest BCUT2D eigenvalue weighted by atomic mass is 9.82. The molecule has 2 aromatic rings. The summed E-state index contributed by atoms with van der Waals surface area (Å²) in [6, 6.07) is 9.45. The van der Waals surface area contributed by atoms with Gasteiger partial charge in [-0.2, -0.15) is 0 Å². The zero-order chi connectivity index (χ0) is 19.9. The number of Topliss-reactive ketones (excluding diaryl/α,β-unsaturated/α-hetero) is 1. The van der Waals surface area contributed by atoms with E-state index in [1.807, 2.05) is 6.92 Å². The Balaban J connectivity index is 1.44. The molecule has 28 heavy (non-hydrogen) atoms. The first kappa shape index (κ1) is 18.9. The van der Waals surface area contributed by atoms with Gasteiger partial charge in [0.1, 0.15) is 17.2 Å². The monoisotopic (exact) mass is 401 g/mol. The minimum atomic E-state index is -0.560. The lowest BCUT2D eigenvalue weighted by Gasteiger charge is -2.44. The molecular formula is C22H21ClFNO3. The summed E-state index contributed by atoms with van der Waals surface area (Å²) in [5.74, 6) is 0.351. The van der Waals surface area contributed by atoms with E-state index in [4.69, 9.17) is 16.3 Å². The fourth-order valence-electron chi connectivity index (χ4n) is 4.04. The Labute approximate surface area is 168 Å². The fraction of sp³-hybridized carbons (Fsp3) is 0.364. The van der Waals surface area contributed by atoms with Gasteiger partial charge in [0.15, 0.2) is 5.78 Å². The number of rotatable bonds is 2. The van der Waals surface area contributed by atoms with Crippen LogP contribution in [0.2, 0.25) is 5.02 Å². The minimum Gasteiger partial charge on any atom is -0.486 e. The molecule has 2 aromatic carbocycles. The molecule has 0 atom stereocenters. The van der Waals surface area contributed by atoms with Gasteiger partial charge in [-0.3, -0.25) is 9.59 Å². The number of hydrogen-bond donors (Lipinski definition) is 0. The van der Waals surface area contributed by atoms with E-state index in [1.54, 1.807) is 29.2 Å². The highest BCUT2D eigenvalue weighted by molar-refractivity contribution is 6.31. The van der Waals surface area contributed by atoms with E-state index in [1.165, 1.54) is 12.1 Å². The molecule has 0 N–H and O–H groups in total. The Morgan fingerprint density at radius 3 is 2.57 bits per heavy atom. The molecule has 0 bridgehead atoms. The van der Waals surface area contributed by atoms with Gasteiger partial charge in [0.2, 0.25) is 5.91 Å². The van der Waals surface area contributed by atoms with Crippen molar-refractivity contribution < 1.29 is 18.7 Å². The number of ether oxygens (including phenoxy) is 1. The van der Waals surface area contributed by atoms with E-state index in [9.17, 15) is 14.0 Å². The number of ketones is 1. The van der Waals surface area contributed by atoms with Crippen LogP contribution >= 0.6 is 11.6 Å². The highest BCUT2D eigenvalue weighted by atomic mass is 35.5. The van der Waals surface area contributed by atoms with Crippen LogP contribution in [-0.4, -0.2) is 35.3 Å². The van der Waals surface area contributed by atoms with Gasteiger partial charge in [-0.25, -0.2) is 4.39 Å². The molecule has 0 radical (unpaired) electrons. The molecule has 2 aliphatic heterocycles. The smallest absolute Gasteiger partial charge is 0.226 e. The molecule has 4 rings (SSSR count). The number of halogens is 2. The van der Waals surface area contributed by atoms with E-state index in [-0.39, 0.29) is 23.9 Å². The lowest BCUT2D eigenvalue weighted by Crippen LogP contribution is -2.52. The second-order valence-electron chi connectivity index (χ2n) is 7.67. The SMILES string of the molecule is Cc1cc(Cl)cc2c1OC1(CCN(C(=O)Cc3ccc(F)cc3)CC1)CC2=O. The Morgan fingerprint density at radius 1 is 1.21 bits per heavy atom. The van der Waals surface area contributed by atoms with Crippen LogP contribution < -0.4 is 4.74 Å². The second kappa shape index (κ2) is 7.21. The number of benzene rings is 2. The number of amides is 1. The van der Waals surface area contributed by atoms with Gasteiger partial charge in [-0.1, -0.05) is 23.7 Å². The molecule has 0 aromatic heterocycles. The van der Waals surface area contributed by atoms with Gasteiger partial charge in [0, 0.05) is 31.0 Å². The summed E-state index contributed by atoms with van der Waals surface area (Å²) in [5, 5.41) is 0.533. The van der Waals surface area contributed by atoms with E-state index >= 15 is 0 Å². The molecule has 146 valence electrons. The third-order valence-electron chi connectivity index (χ3n) is 5.64. The molecule has 2 heterocycles. The third-order valence-corrected chi connectivity index (χ3v) is 5.86. The largest absolute Gasteiger partial charge is 0.486 e. The van der Waals surface area contributed by atoms with Crippen LogP contribution in [0.1, 0.15) is 40.7 Å². The van der Waals surface area contributed by atoms with Crippen LogP contribution in [0.25, 0.3) is 0 Å². The van der Waals surface area contributed by atoms with Crippen molar-refractivity contribution in [2.75, 3.05) is 13.1 Å². The van der Waals surface area contributed by atoms with Gasteiger partial charge in [0.05, 0.1) is 18.4 Å². The van der Waals surface area contributed by atoms with Gasteiger partial charge >= 0.3 is 0 Å². The summed E-state index contributed by atoms with van der Waals surface area (Å²) < 4.78 is 19.3. The first-order valence-electron chi connectivity index (χ1n) is 9.40. The number of nitrogens with zero attached hydrogens (tertiary/aromatic N) is 1. The van der Waals surface area contributed by atoms with Crippen LogP contribution in [-0.2, 0) is 11.2 Å². The Kier molecular flexibility index (Phi) is 4.88. The quantitative estimate of drug-likeness (QED) is 0.751. The first-order valence-corrected chi connectivity index (χ1v) is 9.78. The Hall–Kier alpha value is -2.40. The summed E-state index contributed by atoms with van der Waals surface area (Å²) in [7, 11) is 0. The molecule has 0 aliphatic carbocycles. The molecule has 6 heteroatoms. The van der Waals surface area contributed by atoms with Gasteiger partial charge in [0.25, 0.3) is 0 Å². The van der Waals surface area contributed by atoms with E-state index in [0.717, 1.165) is 11.1 Å². The Morgan fingerprint density at radius 2 is 1.89 bits per heavy atom. The highest BCUT2D eigenvalue weighted by Crippen LogP contribution is 2.42. The lowest BCUT2D eigenvalue weighted by molar-refractivity contribution is -0.134. The number of carbonyl (C=O) groups excluding carboxylic acids is 2. The van der Waals surface area contributed by atoms with Gasteiger partial charge in [-0.15, -0.1) is 0 Å². The predicted octanol–water partition coefficient (Wildman–Crippen LogP) is 4.36. The topological polar surface area (TPSA) is 46.6 Å². The number of aryl methyl sites for hydroxylation is 1. The molecular weight excluding hydrogens is 381 g/mol. The number of likely N-dealkylation sites (tertiary alicyclic amines) is 1. The average molecular weight is 402 g/mol. The van der Waals surface area contributed by atoms with Crippen LogP contribution in [0.15, 0.2) is 36.4 Å². The molecule has 1 saturated heterocycles. The second-order valence-corrected chi connectivity index (χ2v) is 8.10. The number of piperidine rings is 1. The summed E-state index contributed by atoms with van der Waals surface area (Å²) in [4.78, 5) is 27.1. The number of carbonyl (C=O) groups is 2.